The zero-order valence-electron chi connectivity index (χ0n) is 21.6. The van der Waals surface area contributed by atoms with Crippen LogP contribution in [0.3, 0.4) is 0 Å². The summed E-state index contributed by atoms with van der Waals surface area (Å²) in [7, 11) is 4.05. The lowest BCUT2D eigenvalue weighted by Crippen LogP contribution is -2.42. The van der Waals surface area contributed by atoms with E-state index in [4.69, 9.17) is 4.74 Å². The Labute approximate surface area is 219 Å². The fraction of sp³-hybridized carbons (Fsp3) is 0.464. The second-order valence-corrected chi connectivity index (χ2v) is 10.5. The van der Waals surface area contributed by atoms with Gasteiger partial charge in [-0.3, -0.25) is 9.38 Å². The van der Waals surface area contributed by atoms with Gasteiger partial charge in [-0.15, -0.1) is 10.2 Å². The second kappa shape index (κ2) is 9.81. The molecule has 0 saturated carbocycles. The molecule has 4 aromatic rings. The summed E-state index contributed by atoms with van der Waals surface area (Å²) < 4.78 is 50.4. The van der Waals surface area contributed by atoms with E-state index in [2.05, 4.69) is 20.1 Å². The Bertz CT molecular complexity index is 1450. The molecule has 2 aliphatic heterocycles. The topological polar surface area (TPSA) is 58.8 Å². The van der Waals surface area contributed by atoms with Gasteiger partial charge >= 0.3 is 6.18 Å². The standard InChI is InChI=1S/C28H31F3N6O/c1-35(2)21-7-11-36(12-8-21)24-6-4-19(15-22(24)28(29,30)31)20-3-5-23-25(16-20)37-26(17-32-23)33-34-27(37)18-9-13-38-14-10-18/h3-6,15-18,21H,7-14H2,1-2H3. The van der Waals surface area contributed by atoms with E-state index in [1.807, 2.05) is 41.6 Å². The summed E-state index contributed by atoms with van der Waals surface area (Å²) in [5.74, 6) is 1.06. The zero-order chi connectivity index (χ0) is 26.4. The fourth-order valence-corrected chi connectivity index (χ4v) is 5.82. The molecule has 7 nitrogen and oxygen atoms in total. The number of rotatable bonds is 4. The summed E-state index contributed by atoms with van der Waals surface area (Å²) in [4.78, 5) is 8.54. The van der Waals surface area contributed by atoms with Crippen molar-refractivity contribution in [3.8, 4) is 11.1 Å². The lowest BCUT2D eigenvalue weighted by Gasteiger charge is -2.37. The van der Waals surface area contributed by atoms with Crippen LogP contribution in [0.15, 0.2) is 42.6 Å². The van der Waals surface area contributed by atoms with Crippen LogP contribution in [0.5, 0.6) is 0 Å². The molecule has 0 unspecified atom stereocenters. The van der Waals surface area contributed by atoms with E-state index in [0.29, 0.717) is 49.1 Å². The third-order valence-corrected chi connectivity index (χ3v) is 8.01. The van der Waals surface area contributed by atoms with Crippen molar-refractivity contribution in [3.63, 3.8) is 0 Å². The third-order valence-electron chi connectivity index (χ3n) is 8.01. The molecule has 2 aromatic carbocycles. The van der Waals surface area contributed by atoms with Gasteiger partial charge in [-0.25, -0.2) is 0 Å². The van der Waals surface area contributed by atoms with Crippen LogP contribution in [0.1, 0.15) is 43.0 Å². The highest BCUT2D eigenvalue weighted by molar-refractivity contribution is 5.84. The number of hydrogen-bond donors (Lipinski definition) is 0. The number of hydrogen-bond acceptors (Lipinski definition) is 6. The SMILES string of the molecule is CN(C)C1CCN(c2ccc(-c3ccc4ncc5nnc(C6CCOCC6)n5c4c3)cc2C(F)(F)F)CC1. The molecule has 6 rings (SSSR count). The average Bonchev–Trinajstić information content (AvgIpc) is 3.37. The number of piperidine rings is 1. The van der Waals surface area contributed by atoms with Gasteiger partial charge in [0.15, 0.2) is 5.65 Å². The molecule has 0 aliphatic carbocycles. The Morgan fingerprint density at radius 3 is 2.34 bits per heavy atom. The van der Waals surface area contributed by atoms with Gasteiger partial charge < -0.3 is 14.5 Å². The van der Waals surface area contributed by atoms with Crippen LogP contribution in [0.4, 0.5) is 18.9 Å². The largest absolute Gasteiger partial charge is 0.418 e. The molecular formula is C28H31F3N6O. The van der Waals surface area contributed by atoms with Crippen molar-refractivity contribution in [2.45, 2.75) is 43.8 Å². The third kappa shape index (κ3) is 4.60. The summed E-state index contributed by atoms with van der Waals surface area (Å²) in [6, 6.07) is 10.7. The first-order chi connectivity index (χ1) is 18.3. The molecule has 2 aliphatic rings. The predicted molar refractivity (Wildman–Crippen MR) is 140 cm³/mol. The van der Waals surface area contributed by atoms with Crippen molar-refractivity contribution >= 4 is 22.4 Å². The van der Waals surface area contributed by atoms with E-state index in [9.17, 15) is 13.2 Å². The first-order valence-corrected chi connectivity index (χ1v) is 13.1. The summed E-state index contributed by atoms with van der Waals surface area (Å²) in [6.45, 7) is 2.56. The van der Waals surface area contributed by atoms with Crippen LogP contribution in [-0.2, 0) is 10.9 Å². The maximum Gasteiger partial charge on any atom is 0.418 e. The number of nitrogens with zero attached hydrogens (tertiary/aromatic N) is 6. The molecule has 0 spiro atoms. The van der Waals surface area contributed by atoms with Gasteiger partial charge in [0.25, 0.3) is 0 Å². The molecule has 0 amide bonds. The molecule has 200 valence electrons. The van der Waals surface area contributed by atoms with Crippen molar-refractivity contribution in [1.29, 1.82) is 0 Å². The number of halogens is 3. The maximum atomic E-state index is 14.3. The van der Waals surface area contributed by atoms with E-state index < -0.39 is 11.7 Å². The van der Waals surface area contributed by atoms with Gasteiger partial charge in [0.05, 0.1) is 22.8 Å². The summed E-state index contributed by atoms with van der Waals surface area (Å²) >= 11 is 0. The quantitative estimate of drug-likeness (QED) is 0.357. The summed E-state index contributed by atoms with van der Waals surface area (Å²) in [6.07, 6.45) is 0.620. The van der Waals surface area contributed by atoms with E-state index in [-0.39, 0.29) is 11.6 Å². The number of alkyl halides is 3. The van der Waals surface area contributed by atoms with Gasteiger partial charge in [0, 0.05) is 44.0 Å². The molecule has 0 N–H and O–H groups in total. The second-order valence-electron chi connectivity index (χ2n) is 10.5. The van der Waals surface area contributed by atoms with Crippen molar-refractivity contribution < 1.29 is 17.9 Å². The molecule has 0 atom stereocenters. The highest BCUT2D eigenvalue weighted by Gasteiger charge is 2.36. The molecule has 4 heterocycles. The van der Waals surface area contributed by atoms with Crippen LogP contribution in [-0.4, -0.2) is 70.9 Å². The number of ether oxygens (including phenoxy) is 1. The minimum atomic E-state index is -4.46. The lowest BCUT2D eigenvalue weighted by atomic mass is 9.98. The van der Waals surface area contributed by atoms with Gasteiger partial charge in [-0.1, -0.05) is 12.1 Å². The average molecular weight is 525 g/mol. The minimum Gasteiger partial charge on any atom is -0.381 e. The van der Waals surface area contributed by atoms with Crippen molar-refractivity contribution in [2.24, 2.45) is 0 Å². The van der Waals surface area contributed by atoms with Gasteiger partial charge in [-0.05, 0) is 75.2 Å². The molecule has 2 fully saturated rings. The highest BCUT2D eigenvalue weighted by atomic mass is 19.4. The lowest BCUT2D eigenvalue weighted by molar-refractivity contribution is -0.137. The summed E-state index contributed by atoms with van der Waals surface area (Å²) in [5, 5.41) is 8.78. The van der Waals surface area contributed by atoms with E-state index in [0.717, 1.165) is 42.5 Å². The van der Waals surface area contributed by atoms with Gasteiger partial charge in [0.1, 0.15) is 5.82 Å². The van der Waals surface area contributed by atoms with E-state index in [1.165, 1.54) is 6.07 Å². The van der Waals surface area contributed by atoms with Crippen LogP contribution >= 0.6 is 0 Å². The first-order valence-electron chi connectivity index (χ1n) is 13.1. The van der Waals surface area contributed by atoms with Crippen LogP contribution in [0.2, 0.25) is 0 Å². The predicted octanol–water partition coefficient (Wildman–Crippen LogP) is 5.39. The Morgan fingerprint density at radius 2 is 1.63 bits per heavy atom. The first kappa shape index (κ1) is 25.1. The van der Waals surface area contributed by atoms with E-state index in [1.54, 1.807) is 18.3 Å². The molecule has 0 bridgehead atoms. The molecule has 0 radical (unpaired) electrons. The molecule has 10 heteroatoms. The smallest absolute Gasteiger partial charge is 0.381 e. The highest BCUT2D eigenvalue weighted by Crippen LogP contribution is 2.40. The van der Waals surface area contributed by atoms with Crippen LogP contribution in [0.25, 0.3) is 27.8 Å². The Balaban J connectivity index is 1.40. The Hall–Kier alpha value is -3.24. The monoisotopic (exact) mass is 524 g/mol. The number of fused-ring (bicyclic) bond motifs is 3. The van der Waals surface area contributed by atoms with Crippen molar-refractivity contribution in [3.05, 3.63) is 54.0 Å². The Morgan fingerprint density at radius 1 is 0.921 bits per heavy atom. The fourth-order valence-electron chi connectivity index (χ4n) is 5.82. The minimum absolute atomic E-state index is 0.209. The number of benzene rings is 2. The van der Waals surface area contributed by atoms with Gasteiger partial charge in [-0.2, -0.15) is 13.2 Å². The Kier molecular flexibility index (Phi) is 6.47. The van der Waals surface area contributed by atoms with Crippen molar-refractivity contribution in [2.75, 3.05) is 45.3 Å². The number of anilines is 1. The maximum absolute atomic E-state index is 14.3. The summed E-state index contributed by atoms with van der Waals surface area (Å²) in [5.41, 5.74) is 3.03. The van der Waals surface area contributed by atoms with Crippen LogP contribution in [0, 0.1) is 0 Å². The normalized spacial score (nSPS) is 18.2. The van der Waals surface area contributed by atoms with Gasteiger partial charge in [0.2, 0.25) is 0 Å². The molecule has 2 aromatic heterocycles. The van der Waals surface area contributed by atoms with E-state index >= 15 is 0 Å². The molecule has 38 heavy (non-hydrogen) atoms. The molecular weight excluding hydrogens is 493 g/mol. The van der Waals surface area contributed by atoms with Crippen molar-refractivity contribution in [1.82, 2.24) is 24.5 Å². The number of aromatic nitrogens is 4. The zero-order valence-corrected chi connectivity index (χ0v) is 21.6. The molecule has 2 saturated heterocycles. The van der Waals surface area contributed by atoms with Crippen LogP contribution < -0.4 is 4.90 Å².